The molecule has 2 aromatic heterocycles. The zero-order valence-electron chi connectivity index (χ0n) is 16.1. The summed E-state index contributed by atoms with van der Waals surface area (Å²) in [5, 5.41) is 11.4. The Kier molecular flexibility index (Phi) is 4.70. The number of fused-ring (bicyclic) bond motifs is 1. The van der Waals surface area contributed by atoms with Crippen molar-refractivity contribution in [1.29, 1.82) is 5.41 Å². The predicted octanol–water partition coefficient (Wildman–Crippen LogP) is 3.15. The molecule has 2 fully saturated rings. The van der Waals surface area contributed by atoms with Gasteiger partial charge in [0, 0.05) is 36.5 Å². The molecule has 0 aliphatic carbocycles. The largest absolute Gasteiger partial charge is 0.418 e. The van der Waals surface area contributed by atoms with Crippen LogP contribution in [0.15, 0.2) is 42.9 Å². The Balaban J connectivity index is 1.78. The predicted molar refractivity (Wildman–Crippen MR) is 101 cm³/mol. The number of hydrogen-bond donors (Lipinski definition) is 2. The van der Waals surface area contributed by atoms with Gasteiger partial charge in [0.15, 0.2) is 11.8 Å². The molecule has 7 nitrogen and oxygen atoms in total. The molecule has 0 saturated carbocycles. The van der Waals surface area contributed by atoms with Crippen LogP contribution in [-0.2, 0) is 10.3 Å². The van der Waals surface area contributed by atoms with Crippen LogP contribution < -0.4 is 10.1 Å². The third-order valence-electron chi connectivity index (χ3n) is 5.50. The van der Waals surface area contributed by atoms with Gasteiger partial charge in [0.1, 0.15) is 5.82 Å². The fraction of sp³-hybridized carbons (Fsp3) is 0.350. The van der Waals surface area contributed by atoms with Crippen molar-refractivity contribution in [1.82, 2.24) is 20.2 Å². The number of aromatic nitrogens is 2. The van der Waals surface area contributed by atoms with Gasteiger partial charge in [-0.3, -0.25) is 5.41 Å². The van der Waals surface area contributed by atoms with Gasteiger partial charge in [0.25, 0.3) is 5.88 Å². The van der Waals surface area contributed by atoms with Crippen LogP contribution in [0.25, 0.3) is 0 Å². The van der Waals surface area contributed by atoms with Gasteiger partial charge < -0.3 is 19.7 Å². The van der Waals surface area contributed by atoms with Crippen molar-refractivity contribution in [3.8, 4) is 11.8 Å². The van der Waals surface area contributed by atoms with Crippen molar-refractivity contribution in [2.24, 2.45) is 5.92 Å². The van der Waals surface area contributed by atoms with Gasteiger partial charge in [-0.05, 0) is 25.5 Å². The smallest absolute Gasteiger partial charge is 0.257 e. The van der Waals surface area contributed by atoms with Crippen molar-refractivity contribution in [3.05, 3.63) is 60.1 Å². The Bertz CT molecular complexity index is 985. The molecule has 4 heterocycles. The minimum Gasteiger partial charge on any atom is -0.418 e. The van der Waals surface area contributed by atoms with Gasteiger partial charge >= 0.3 is 0 Å². The lowest BCUT2D eigenvalue weighted by Crippen LogP contribution is -2.65. The van der Waals surface area contributed by atoms with Crippen molar-refractivity contribution < 1.29 is 18.3 Å². The number of ether oxygens (including phenoxy) is 2. The van der Waals surface area contributed by atoms with Crippen LogP contribution in [0.2, 0.25) is 0 Å². The molecule has 3 atom stereocenters. The van der Waals surface area contributed by atoms with Crippen molar-refractivity contribution >= 4 is 5.96 Å². The van der Waals surface area contributed by atoms with Crippen LogP contribution in [0, 0.1) is 23.0 Å². The number of pyridine rings is 2. The van der Waals surface area contributed by atoms with Crippen LogP contribution in [0.5, 0.6) is 11.8 Å². The van der Waals surface area contributed by atoms with E-state index in [1.54, 1.807) is 11.9 Å². The lowest BCUT2D eigenvalue weighted by molar-refractivity contribution is -0.0631. The molecule has 0 aromatic carbocycles. The molecule has 0 amide bonds. The van der Waals surface area contributed by atoms with Crippen LogP contribution in [-0.4, -0.2) is 40.6 Å². The summed E-state index contributed by atoms with van der Waals surface area (Å²) >= 11 is 0. The van der Waals surface area contributed by atoms with Crippen LogP contribution in [0.4, 0.5) is 8.78 Å². The first-order chi connectivity index (χ1) is 13.8. The van der Waals surface area contributed by atoms with E-state index in [2.05, 4.69) is 21.9 Å². The number of guanidine groups is 1. The van der Waals surface area contributed by atoms with E-state index in [1.165, 1.54) is 24.4 Å². The number of rotatable bonds is 3. The molecule has 2 saturated heterocycles. The van der Waals surface area contributed by atoms with E-state index in [1.807, 2.05) is 6.92 Å². The van der Waals surface area contributed by atoms with Gasteiger partial charge in [0.05, 0.1) is 24.4 Å². The minimum atomic E-state index is -1.05. The zero-order chi connectivity index (χ0) is 20.8. The molecule has 152 valence electrons. The molecular weight excluding hydrogens is 380 g/mol. The molecule has 0 bridgehead atoms. The highest BCUT2D eigenvalue weighted by Crippen LogP contribution is 2.46. The van der Waals surface area contributed by atoms with E-state index in [0.717, 1.165) is 6.20 Å². The highest BCUT2D eigenvalue weighted by molar-refractivity contribution is 5.81. The summed E-state index contributed by atoms with van der Waals surface area (Å²) in [6.45, 7) is 6.20. The summed E-state index contributed by atoms with van der Waals surface area (Å²) in [5.41, 5.74) is -0.144. The molecule has 2 N–H and O–H groups in total. The molecule has 0 spiro atoms. The standard InChI is InChI=1S/C20H21F2N5O2/c1-11-7-13-12(2)27(3)19(23)26-20(13,10-28-11)14-8-17(25-9-16(14)22)29-18-15(21)5-4-6-24-18/h4-6,8-9,11,13H,2,7,10H2,1,3H3,(H2,23,26)/t11-,13-,20-/m0/s1. The van der Waals surface area contributed by atoms with Crippen LogP contribution >= 0.6 is 0 Å². The van der Waals surface area contributed by atoms with Crippen LogP contribution in [0.1, 0.15) is 18.9 Å². The number of hydrogen-bond acceptors (Lipinski definition) is 5. The fourth-order valence-corrected chi connectivity index (χ4v) is 3.89. The molecule has 9 heteroatoms. The van der Waals surface area contributed by atoms with Crippen molar-refractivity contribution in [2.45, 2.75) is 25.0 Å². The number of nitrogens with zero attached hydrogens (tertiary/aromatic N) is 3. The molecule has 0 unspecified atom stereocenters. The van der Waals surface area contributed by atoms with E-state index in [0.29, 0.717) is 12.1 Å². The van der Waals surface area contributed by atoms with Gasteiger partial charge in [-0.1, -0.05) is 6.58 Å². The Morgan fingerprint density at radius 2 is 2.17 bits per heavy atom. The SMILES string of the molecule is C=C1[C@@H]2C[C@H](C)OC[C@]2(c2cc(Oc3ncccc3F)ncc2F)NC(=N)N1C. The first kappa shape index (κ1) is 19.3. The molecule has 2 aliphatic rings. The third-order valence-corrected chi connectivity index (χ3v) is 5.50. The lowest BCUT2D eigenvalue weighted by Gasteiger charge is -2.53. The molecule has 0 radical (unpaired) electrons. The van der Waals surface area contributed by atoms with E-state index in [4.69, 9.17) is 14.9 Å². The average molecular weight is 401 g/mol. The van der Waals surface area contributed by atoms with E-state index < -0.39 is 17.2 Å². The highest BCUT2D eigenvalue weighted by atomic mass is 19.1. The number of nitrogens with one attached hydrogen (secondary N) is 2. The zero-order valence-corrected chi connectivity index (χ0v) is 16.1. The van der Waals surface area contributed by atoms with E-state index in [9.17, 15) is 8.78 Å². The minimum absolute atomic E-state index is 0.0105. The summed E-state index contributed by atoms with van der Waals surface area (Å²) in [6.07, 6.45) is 2.95. The lowest BCUT2D eigenvalue weighted by atomic mass is 9.71. The summed E-state index contributed by atoms with van der Waals surface area (Å²) in [6, 6.07) is 4.05. The Hall–Kier alpha value is -3.07. The van der Waals surface area contributed by atoms with Gasteiger partial charge in [-0.15, -0.1) is 0 Å². The second-order valence-corrected chi connectivity index (χ2v) is 7.30. The molecular formula is C20H21F2N5O2. The first-order valence-corrected chi connectivity index (χ1v) is 9.17. The maximum Gasteiger partial charge on any atom is 0.257 e. The quantitative estimate of drug-likeness (QED) is 0.822. The maximum atomic E-state index is 15.0. The molecule has 2 aliphatic heterocycles. The summed E-state index contributed by atoms with van der Waals surface area (Å²) < 4.78 is 40.2. The normalized spacial score (nSPS) is 26.7. The third kappa shape index (κ3) is 3.21. The molecule has 29 heavy (non-hydrogen) atoms. The summed E-state index contributed by atoms with van der Waals surface area (Å²) in [4.78, 5) is 9.39. The van der Waals surface area contributed by atoms with Crippen LogP contribution in [0.3, 0.4) is 0 Å². The maximum absolute atomic E-state index is 15.0. The second kappa shape index (κ2) is 7.07. The first-order valence-electron chi connectivity index (χ1n) is 9.17. The Morgan fingerprint density at radius 3 is 2.93 bits per heavy atom. The fourth-order valence-electron chi connectivity index (χ4n) is 3.89. The van der Waals surface area contributed by atoms with E-state index in [-0.39, 0.29) is 41.9 Å². The topological polar surface area (TPSA) is 83.4 Å². The Labute approximate surface area is 166 Å². The highest BCUT2D eigenvalue weighted by Gasteiger charge is 2.52. The summed E-state index contributed by atoms with van der Waals surface area (Å²) in [7, 11) is 1.74. The van der Waals surface area contributed by atoms with Gasteiger partial charge in [0.2, 0.25) is 5.88 Å². The van der Waals surface area contributed by atoms with Gasteiger partial charge in [-0.2, -0.15) is 0 Å². The Morgan fingerprint density at radius 1 is 1.38 bits per heavy atom. The van der Waals surface area contributed by atoms with E-state index >= 15 is 0 Å². The monoisotopic (exact) mass is 401 g/mol. The second-order valence-electron chi connectivity index (χ2n) is 7.30. The average Bonchev–Trinajstić information content (AvgIpc) is 2.70. The van der Waals surface area contributed by atoms with Gasteiger partial charge in [-0.25, -0.2) is 18.7 Å². The number of halogens is 2. The van der Waals surface area contributed by atoms with Crippen molar-refractivity contribution in [3.63, 3.8) is 0 Å². The molecule has 4 rings (SSSR count). The molecule has 2 aromatic rings. The van der Waals surface area contributed by atoms with Crippen molar-refractivity contribution in [2.75, 3.05) is 13.7 Å². The summed E-state index contributed by atoms with van der Waals surface area (Å²) in [5.74, 6) is -1.64.